The zero-order chi connectivity index (χ0) is 23.4. The molecule has 1 saturated heterocycles. The van der Waals surface area contributed by atoms with Gasteiger partial charge in [0.05, 0.1) is 18.8 Å². The summed E-state index contributed by atoms with van der Waals surface area (Å²) in [6.07, 6.45) is -0.869. The molecule has 2 aromatic carbocycles. The Morgan fingerprint density at radius 3 is 2.61 bits per heavy atom. The molecule has 0 bridgehead atoms. The number of aromatic nitrogens is 2. The van der Waals surface area contributed by atoms with Crippen LogP contribution < -0.4 is 5.32 Å². The lowest BCUT2D eigenvalue weighted by atomic mass is 9.91. The van der Waals surface area contributed by atoms with E-state index in [1.165, 1.54) is 6.92 Å². The van der Waals surface area contributed by atoms with Crippen LogP contribution in [0.15, 0.2) is 52.9 Å². The number of hydrogen-bond donors (Lipinski definition) is 2. The number of aliphatic hydroxyl groups excluding tert-OH is 1. The fourth-order valence-corrected chi connectivity index (χ4v) is 5.77. The molecule has 4 unspecified atom stereocenters. The van der Waals surface area contributed by atoms with Crippen molar-refractivity contribution in [3.63, 3.8) is 0 Å². The third-order valence-electron chi connectivity index (χ3n) is 5.48. The van der Waals surface area contributed by atoms with E-state index in [0.29, 0.717) is 11.4 Å². The summed E-state index contributed by atoms with van der Waals surface area (Å²) in [6.45, 7) is 5.56. The molecule has 9 heteroatoms. The fourth-order valence-electron chi connectivity index (χ4n) is 3.77. The number of carbonyl (C=O) groups excluding carboxylic acids is 1. The Kier molecular flexibility index (Phi) is 7.77. The Bertz CT molecular complexity index is 1090. The highest BCUT2D eigenvalue weighted by molar-refractivity contribution is 8.01. The Labute approximate surface area is 201 Å². The smallest absolute Gasteiger partial charge is 0.221 e. The van der Waals surface area contributed by atoms with Crippen molar-refractivity contribution in [2.24, 2.45) is 5.92 Å². The lowest BCUT2D eigenvalue weighted by molar-refractivity contribution is -0.268. The molecule has 7 nitrogen and oxygen atoms in total. The molecule has 4 rings (SSSR count). The molecule has 1 aliphatic rings. The standard InChI is InChI=1S/C24H27N3O4S2/c1-14-21(13-32-24-27-26-16(3)33-24)30-23(19-5-4-6-20(11-19)25-15(2)29)31-22(14)18-9-7-17(12-28)8-10-18/h4-11,14,21-23,28H,12-13H2,1-3H3,(H,25,29). The molecule has 0 aliphatic carbocycles. The van der Waals surface area contributed by atoms with E-state index < -0.39 is 6.29 Å². The predicted octanol–water partition coefficient (Wildman–Crippen LogP) is 4.88. The van der Waals surface area contributed by atoms with Crippen molar-refractivity contribution in [3.8, 4) is 0 Å². The number of aryl methyl sites for hydroxylation is 1. The first-order valence-electron chi connectivity index (χ1n) is 10.7. The van der Waals surface area contributed by atoms with Crippen molar-refractivity contribution in [1.82, 2.24) is 10.2 Å². The van der Waals surface area contributed by atoms with E-state index in [1.807, 2.05) is 55.5 Å². The third-order valence-corrected chi connectivity index (χ3v) is 7.54. The molecule has 3 aromatic rings. The van der Waals surface area contributed by atoms with Crippen molar-refractivity contribution in [2.45, 2.75) is 50.2 Å². The summed E-state index contributed by atoms with van der Waals surface area (Å²) in [5.74, 6) is 0.669. The van der Waals surface area contributed by atoms with E-state index in [2.05, 4.69) is 22.4 Å². The van der Waals surface area contributed by atoms with Crippen molar-refractivity contribution >= 4 is 34.7 Å². The first-order valence-corrected chi connectivity index (χ1v) is 12.5. The number of rotatable bonds is 7. The molecule has 174 valence electrons. The van der Waals surface area contributed by atoms with Crippen molar-refractivity contribution in [1.29, 1.82) is 0 Å². The number of amides is 1. The van der Waals surface area contributed by atoms with Gasteiger partial charge in [-0.2, -0.15) is 0 Å². The third kappa shape index (κ3) is 5.99. The molecule has 1 fully saturated rings. The summed E-state index contributed by atoms with van der Waals surface area (Å²) in [7, 11) is 0. The maximum atomic E-state index is 11.5. The lowest BCUT2D eigenvalue weighted by Crippen LogP contribution is -2.38. The molecule has 2 N–H and O–H groups in total. The number of carbonyl (C=O) groups is 1. The van der Waals surface area contributed by atoms with Gasteiger partial charge in [0.1, 0.15) is 5.01 Å². The van der Waals surface area contributed by atoms with Crippen LogP contribution in [0.3, 0.4) is 0 Å². The Morgan fingerprint density at radius 1 is 1.15 bits per heavy atom. The van der Waals surface area contributed by atoms with Gasteiger partial charge in [0.15, 0.2) is 10.6 Å². The Morgan fingerprint density at radius 2 is 1.94 bits per heavy atom. The van der Waals surface area contributed by atoms with Gasteiger partial charge < -0.3 is 19.9 Å². The summed E-state index contributed by atoms with van der Waals surface area (Å²) < 4.78 is 13.8. The van der Waals surface area contributed by atoms with Crippen LogP contribution in [0, 0.1) is 12.8 Å². The van der Waals surface area contributed by atoms with Crippen LogP contribution in [0.2, 0.25) is 0 Å². The molecule has 0 spiro atoms. The predicted molar refractivity (Wildman–Crippen MR) is 129 cm³/mol. The van der Waals surface area contributed by atoms with Crippen molar-refractivity contribution < 1.29 is 19.4 Å². The van der Waals surface area contributed by atoms with Gasteiger partial charge in [-0.15, -0.1) is 10.2 Å². The minimum Gasteiger partial charge on any atom is -0.392 e. The minimum absolute atomic E-state index is 0.00354. The van der Waals surface area contributed by atoms with Gasteiger partial charge in [0, 0.05) is 29.8 Å². The summed E-state index contributed by atoms with van der Waals surface area (Å²) in [5.41, 5.74) is 3.43. The largest absolute Gasteiger partial charge is 0.392 e. The van der Waals surface area contributed by atoms with E-state index in [1.54, 1.807) is 23.1 Å². The monoisotopic (exact) mass is 485 g/mol. The first-order chi connectivity index (χ1) is 15.9. The molecule has 1 aliphatic heterocycles. The number of aliphatic hydroxyl groups is 1. The molecule has 33 heavy (non-hydrogen) atoms. The van der Waals surface area contributed by atoms with Crippen LogP contribution in [0.5, 0.6) is 0 Å². The molecule has 0 saturated carbocycles. The van der Waals surface area contributed by atoms with E-state index in [0.717, 1.165) is 26.0 Å². The van der Waals surface area contributed by atoms with E-state index >= 15 is 0 Å². The van der Waals surface area contributed by atoms with Crippen LogP contribution in [0.25, 0.3) is 0 Å². The average molecular weight is 486 g/mol. The van der Waals surface area contributed by atoms with Gasteiger partial charge in [-0.3, -0.25) is 4.79 Å². The van der Waals surface area contributed by atoms with Crippen LogP contribution in [0.1, 0.15) is 47.9 Å². The van der Waals surface area contributed by atoms with Crippen LogP contribution in [0.4, 0.5) is 5.69 Å². The summed E-state index contributed by atoms with van der Waals surface area (Å²) in [5, 5.41) is 21.5. The summed E-state index contributed by atoms with van der Waals surface area (Å²) >= 11 is 3.21. The van der Waals surface area contributed by atoms with Gasteiger partial charge in [0.2, 0.25) is 5.91 Å². The van der Waals surface area contributed by atoms with E-state index in [-0.39, 0.29) is 30.6 Å². The Hall–Kier alpha value is -2.30. The molecule has 1 aromatic heterocycles. The maximum absolute atomic E-state index is 11.5. The second-order valence-electron chi connectivity index (χ2n) is 8.03. The number of benzene rings is 2. The van der Waals surface area contributed by atoms with E-state index in [9.17, 15) is 9.90 Å². The zero-order valence-corrected chi connectivity index (χ0v) is 20.4. The number of nitrogens with one attached hydrogen (secondary N) is 1. The second-order valence-corrected chi connectivity index (χ2v) is 10.5. The number of thioether (sulfide) groups is 1. The molecule has 0 radical (unpaired) electrons. The SMILES string of the molecule is CC(=O)Nc1cccc(C2OC(CSc3nnc(C)s3)C(C)C(c3ccc(CO)cc3)O2)c1. The number of hydrogen-bond acceptors (Lipinski definition) is 8. The maximum Gasteiger partial charge on any atom is 0.221 e. The zero-order valence-electron chi connectivity index (χ0n) is 18.7. The highest BCUT2D eigenvalue weighted by atomic mass is 32.2. The van der Waals surface area contributed by atoms with Gasteiger partial charge in [-0.25, -0.2) is 0 Å². The highest BCUT2D eigenvalue weighted by Gasteiger charge is 2.38. The van der Waals surface area contributed by atoms with Crippen molar-refractivity contribution in [2.75, 3.05) is 11.1 Å². The minimum atomic E-state index is -0.584. The van der Waals surface area contributed by atoms with Crippen LogP contribution in [-0.4, -0.2) is 33.1 Å². The van der Waals surface area contributed by atoms with Gasteiger partial charge >= 0.3 is 0 Å². The van der Waals surface area contributed by atoms with Crippen LogP contribution >= 0.6 is 23.1 Å². The Balaban J connectivity index is 1.59. The fraction of sp³-hybridized carbons (Fsp3) is 0.375. The van der Waals surface area contributed by atoms with Gasteiger partial charge in [-0.05, 0) is 30.2 Å². The number of anilines is 1. The molecule has 4 atom stereocenters. The topological polar surface area (TPSA) is 93.6 Å². The van der Waals surface area contributed by atoms with Gasteiger partial charge in [0.25, 0.3) is 0 Å². The van der Waals surface area contributed by atoms with Crippen LogP contribution in [-0.2, 0) is 20.9 Å². The number of nitrogens with zero attached hydrogens (tertiary/aromatic N) is 2. The molecule has 2 heterocycles. The van der Waals surface area contributed by atoms with Gasteiger partial charge in [-0.1, -0.05) is 66.4 Å². The molecule has 1 amide bonds. The first kappa shape index (κ1) is 23.8. The second kappa shape index (κ2) is 10.8. The molecular weight excluding hydrogens is 458 g/mol. The normalized spacial score (nSPS) is 22.8. The number of ether oxygens (including phenoxy) is 2. The molecular formula is C24H27N3O4S2. The quantitative estimate of drug-likeness (QED) is 0.461. The van der Waals surface area contributed by atoms with E-state index in [4.69, 9.17) is 9.47 Å². The summed E-state index contributed by atoms with van der Waals surface area (Å²) in [6, 6.07) is 15.4. The lowest BCUT2D eigenvalue weighted by Gasteiger charge is -2.41. The highest BCUT2D eigenvalue weighted by Crippen LogP contribution is 2.43. The average Bonchev–Trinajstić information content (AvgIpc) is 3.23. The summed E-state index contributed by atoms with van der Waals surface area (Å²) in [4.78, 5) is 11.5. The van der Waals surface area contributed by atoms with Crippen molar-refractivity contribution in [3.05, 3.63) is 70.2 Å².